The molecule has 7 aromatic carbocycles. The quantitative estimate of drug-likeness (QED) is 0.171. The maximum absolute atomic E-state index is 5.38. The highest BCUT2D eigenvalue weighted by Gasteiger charge is 2.39. The van der Waals surface area contributed by atoms with Crippen molar-refractivity contribution in [3.63, 3.8) is 0 Å². The van der Waals surface area contributed by atoms with Crippen LogP contribution in [-0.2, 0) is 5.41 Å². The molecule has 0 saturated heterocycles. The molecule has 1 aliphatic rings. The van der Waals surface area contributed by atoms with Gasteiger partial charge in [-0.15, -0.1) is 0 Å². The van der Waals surface area contributed by atoms with Gasteiger partial charge < -0.3 is 0 Å². The molecular formula is C52H35N3. The van der Waals surface area contributed by atoms with Crippen LogP contribution in [0.25, 0.3) is 99.5 Å². The average molecular weight is 702 g/mol. The fourth-order valence-corrected chi connectivity index (χ4v) is 8.88. The highest BCUT2D eigenvalue weighted by molar-refractivity contribution is 6.16. The molecule has 0 spiro atoms. The standard InChI is InChI=1S/C52H35N3/c1-52(2)42-18-9-8-17-41(42)51-48(52)46(47-40-16-7-6-11-33(40)25-30-45(47)55-51)35-21-19-32(20-22-35)38-14-10-15-39(31-38)44-29-27-37-24-23-36-26-28-43(34-12-4-3-5-13-34)53-49(36)50(37)54-44/h3-31H,1-2H3. The van der Waals surface area contributed by atoms with Crippen LogP contribution in [0.5, 0.6) is 0 Å². The number of fused-ring (bicyclic) bond motifs is 9. The van der Waals surface area contributed by atoms with E-state index in [1.165, 1.54) is 44.0 Å². The molecule has 258 valence electrons. The van der Waals surface area contributed by atoms with E-state index in [0.717, 1.165) is 66.7 Å². The Morgan fingerprint density at radius 3 is 1.80 bits per heavy atom. The second-order valence-corrected chi connectivity index (χ2v) is 15.2. The van der Waals surface area contributed by atoms with E-state index < -0.39 is 0 Å². The first-order chi connectivity index (χ1) is 27.0. The number of hydrogen-bond acceptors (Lipinski definition) is 3. The third-order valence-electron chi connectivity index (χ3n) is 11.6. The second-order valence-electron chi connectivity index (χ2n) is 15.2. The van der Waals surface area contributed by atoms with E-state index in [1.54, 1.807) is 0 Å². The summed E-state index contributed by atoms with van der Waals surface area (Å²) in [6.45, 7) is 4.70. The fraction of sp³-hybridized carbons (Fsp3) is 0.0577. The number of benzene rings is 7. The van der Waals surface area contributed by atoms with Crippen LogP contribution in [-0.4, -0.2) is 15.0 Å². The molecule has 0 bridgehead atoms. The predicted molar refractivity (Wildman–Crippen MR) is 229 cm³/mol. The Morgan fingerprint density at radius 2 is 1.02 bits per heavy atom. The summed E-state index contributed by atoms with van der Waals surface area (Å²) in [5.74, 6) is 0. The minimum atomic E-state index is -0.205. The molecule has 0 saturated carbocycles. The molecule has 10 aromatic rings. The van der Waals surface area contributed by atoms with Gasteiger partial charge in [0.25, 0.3) is 0 Å². The molecule has 3 heterocycles. The molecule has 55 heavy (non-hydrogen) atoms. The van der Waals surface area contributed by atoms with Gasteiger partial charge in [0.1, 0.15) is 0 Å². The van der Waals surface area contributed by atoms with Gasteiger partial charge in [-0.1, -0.05) is 166 Å². The number of aromatic nitrogens is 3. The number of pyridine rings is 3. The van der Waals surface area contributed by atoms with Gasteiger partial charge in [-0.2, -0.15) is 0 Å². The lowest BCUT2D eigenvalue weighted by molar-refractivity contribution is 0.662. The highest BCUT2D eigenvalue weighted by Crippen LogP contribution is 2.54. The summed E-state index contributed by atoms with van der Waals surface area (Å²) in [5.41, 5.74) is 16.4. The molecule has 0 radical (unpaired) electrons. The van der Waals surface area contributed by atoms with E-state index in [0.29, 0.717) is 0 Å². The van der Waals surface area contributed by atoms with E-state index in [2.05, 4.69) is 184 Å². The maximum Gasteiger partial charge on any atom is 0.0972 e. The Kier molecular flexibility index (Phi) is 6.90. The van der Waals surface area contributed by atoms with Crippen molar-refractivity contribution in [2.45, 2.75) is 19.3 Å². The largest absolute Gasteiger partial charge is 0.247 e. The van der Waals surface area contributed by atoms with Gasteiger partial charge in [0, 0.05) is 38.3 Å². The molecule has 3 aromatic heterocycles. The van der Waals surface area contributed by atoms with Gasteiger partial charge >= 0.3 is 0 Å². The second kappa shape index (κ2) is 12.0. The molecule has 0 N–H and O–H groups in total. The van der Waals surface area contributed by atoms with Crippen molar-refractivity contribution in [1.82, 2.24) is 15.0 Å². The zero-order valence-electron chi connectivity index (χ0n) is 30.6. The van der Waals surface area contributed by atoms with Gasteiger partial charge in [-0.3, -0.25) is 0 Å². The van der Waals surface area contributed by atoms with Crippen LogP contribution >= 0.6 is 0 Å². The van der Waals surface area contributed by atoms with Crippen molar-refractivity contribution in [2.24, 2.45) is 0 Å². The van der Waals surface area contributed by atoms with Gasteiger partial charge in [-0.05, 0) is 68.4 Å². The van der Waals surface area contributed by atoms with E-state index in [4.69, 9.17) is 15.0 Å². The summed E-state index contributed by atoms with van der Waals surface area (Å²) in [7, 11) is 0. The average Bonchev–Trinajstić information content (AvgIpc) is 3.48. The van der Waals surface area contributed by atoms with Crippen molar-refractivity contribution in [2.75, 3.05) is 0 Å². The Bertz CT molecular complexity index is 3160. The number of hydrogen-bond donors (Lipinski definition) is 0. The van der Waals surface area contributed by atoms with Crippen LogP contribution in [0.1, 0.15) is 25.0 Å². The normalized spacial score (nSPS) is 13.1. The molecule has 0 unspecified atom stereocenters. The summed E-state index contributed by atoms with van der Waals surface area (Å²) >= 11 is 0. The lowest BCUT2D eigenvalue weighted by atomic mass is 9.78. The number of rotatable bonds is 4. The first-order valence-electron chi connectivity index (χ1n) is 18.9. The Morgan fingerprint density at radius 1 is 0.418 bits per heavy atom. The molecule has 3 heteroatoms. The minimum Gasteiger partial charge on any atom is -0.247 e. The summed E-state index contributed by atoms with van der Waals surface area (Å²) < 4.78 is 0. The van der Waals surface area contributed by atoms with Crippen molar-refractivity contribution >= 4 is 43.5 Å². The SMILES string of the molecule is CC1(C)c2ccccc2-c2nc3ccc4ccccc4c3c(-c3ccc(-c4cccc(-c5ccc6ccc7ccc(-c8ccccc8)nc7c6n5)c4)cc3)c21. The lowest BCUT2D eigenvalue weighted by Gasteiger charge is -2.25. The molecule has 0 fully saturated rings. The minimum absolute atomic E-state index is 0.205. The summed E-state index contributed by atoms with van der Waals surface area (Å²) in [5, 5.41) is 5.83. The van der Waals surface area contributed by atoms with Crippen LogP contribution in [0, 0.1) is 0 Å². The third kappa shape index (κ3) is 4.93. The number of nitrogens with zero attached hydrogens (tertiary/aromatic N) is 3. The van der Waals surface area contributed by atoms with Gasteiger partial charge in [0.05, 0.1) is 33.6 Å². The molecular weight excluding hydrogens is 667 g/mol. The topological polar surface area (TPSA) is 38.7 Å². The zero-order chi connectivity index (χ0) is 36.7. The van der Waals surface area contributed by atoms with E-state index in [1.807, 2.05) is 6.07 Å². The molecule has 0 aliphatic heterocycles. The lowest BCUT2D eigenvalue weighted by Crippen LogP contribution is -2.16. The van der Waals surface area contributed by atoms with Crippen molar-refractivity contribution < 1.29 is 0 Å². The zero-order valence-corrected chi connectivity index (χ0v) is 30.6. The summed E-state index contributed by atoms with van der Waals surface area (Å²) in [6, 6.07) is 62.9. The van der Waals surface area contributed by atoms with Gasteiger partial charge in [0.15, 0.2) is 0 Å². The summed E-state index contributed by atoms with van der Waals surface area (Å²) in [4.78, 5) is 15.7. The highest BCUT2D eigenvalue weighted by atomic mass is 14.8. The van der Waals surface area contributed by atoms with E-state index in [-0.39, 0.29) is 5.41 Å². The third-order valence-corrected chi connectivity index (χ3v) is 11.6. The van der Waals surface area contributed by atoms with Gasteiger partial charge in [0.2, 0.25) is 0 Å². The van der Waals surface area contributed by atoms with Crippen molar-refractivity contribution in [3.8, 4) is 56.0 Å². The Labute approximate surface area is 319 Å². The van der Waals surface area contributed by atoms with Crippen molar-refractivity contribution in [1.29, 1.82) is 0 Å². The van der Waals surface area contributed by atoms with Crippen LogP contribution in [0.2, 0.25) is 0 Å². The van der Waals surface area contributed by atoms with Crippen LogP contribution < -0.4 is 0 Å². The fourth-order valence-electron chi connectivity index (χ4n) is 8.88. The van der Waals surface area contributed by atoms with Gasteiger partial charge in [-0.25, -0.2) is 15.0 Å². The summed E-state index contributed by atoms with van der Waals surface area (Å²) in [6.07, 6.45) is 0. The smallest absolute Gasteiger partial charge is 0.0972 e. The molecule has 0 atom stereocenters. The Hall–Kier alpha value is -6.97. The maximum atomic E-state index is 5.38. The first kappa shape index (κ1) is 31.5. The molecule has 1 aliphatic carbocycles. The van der Waals surface area contributed by atoms with Crippen LogP contribution in [0.15, 0.2) is 176 Å². The monoisotopic (exact) mass is 701 g/mol. The van der Waals surface area contributed by atoms with E-state index in [9.17, 15) is 0 Å². The Balaban J connectivity index is 1.03. The van der Waals surface area contributed by atoms with E-state index >= 15 is 0 Å². The molecule has 11 rings (SSSR count). The molecule has 0 amide bonds. The van der Waals surface area contributed by atoms with Crippen LogP contribution in [0.4, 0.5) is 0 Å². The van der Waals surface area contributed by atoms with Crippen molar-refractivity contribution in [3.05, 3.63) is 187 Å². The van der Waals surface area contributed by atoms with Crippen LogP contribution in [0.3, 0.4) is 0 Å². The molecule has 3 nitrogen and oxygen atoms in total. The predicted octanol–water partition coefficient (Wildman–Crippen LogP) is 13.5. The first-order valence-corrected chi connectivity index (χ1v) is 18.9.